The standard InChI is InChI=1S/C4H5NO6S.ClH.Na/c6-3-1-2(12(9,10)11)4(7)5(3)8;;/h2,8H,1H2,(H,9,10,11);1H;. The minimum Gasteiger partial charge on any atom is -0.285 e. The Balaban J connectivity index is 0. The van der Waals surface area contributed by atoms with E-state index >= 15 is 0 Å². The minimum atomic E-state index is -4.59. The molecule has 0 aromatic carbocycles. The van der Waals surface area contributed by atoms with Crippen molar-refractivity contribution in [1.29, 1.82) is 0 Å². The average molecular weight is 255 g/mol. The van der Waals surface area contributed by atoms with E-state index < -0.39 is 33.6 Å². The largest absolute Gasteiger partial charge is 0.285 e. The maximum atomic E-state index is 10.7. The predicted octanol–water partition coefficient (Wildman–Crippen LogP) is -1.57. The summed E-state index contributed by atoms with van der Waals surface area (Å²) in [4.78, 5) is 21.2. The zero-order chi connectivity index (χ0) is 9.52. The molecule has 10 heteroatoms. The van der Waals surface area contributed by atoms with Crippen molar-refractivity contribution in [3.05, 3.63) is 0 Å². The number of rotatable bonds is 1. The maximum absolute atomic E-state index is 10.7. The topological polar surface area (TPSA) is 112 Å². The summed E-state index contributed by atoms with van der Waals surface area (Å²) < 4.78 is 29.1. The number of hydrogen-bond donors (Lipinski definition) is 2. The fraction of sp³-hybridized carbons (Fsp3) is 0.500. The molecule has 14 heavy (non-hydrogen) atoms. The molecule has 7 nitrogen and oxygen atoms in total. The van der Waals surface area contributed by atoms with E-state index in [-0.39, 0.29) is 47.0 Å². The number of imide groups is 1. The smallest absolute Gasteiger partial charge is 0.277 e. The van der Waals surface area contributed by atoms with Crippen LogP contribution in [0.1, 0.15) is 6.42 Å². The molecule has 1 rings (SSSR count). The zero-order valence-corrected chi connectivity index (χ0v) is 10.7. The van der Waals surface area contributed by atoms with Gasteiger partial charge in [-0.3, -0.25) is 19.3 Å². The summed E-state index contributed by atoms with van der Waals surface area (Å²) in [6.45, 7) is 0. The molecule has 1 saturated heterocycles. The number of carbonyl (C=O) groups is 2. The molecule has 0 spiro atoms. The van der Waals surface area contributed by atoms with E-state index in [0.29, 0.717) is 0 Å². The fourth-order valence-corrected chi connectivity index (χ4v) is 1.53. The molecule has 0 bridgehead atoms. The maximum Gasteiger partial charge on any atom is 0.277 e. The van der Waals surface area contributed by atoms with E-state index in [1.807, 2.05) is 0 Å². The number of hydroxylamine groups is 2. The monoisotopic (exact) mass is 254 g/mol. The Hall–Kier alpha value is 0.300. The Morgan fingerprint density at radius 1 is 1.36 bits per heavy atom. The number of halogens is 1. The third-order valence-corrected chi connectivity index (χ3v) is 2.53. The van der Waals surface area contributed by atoms with Crippen molar-refractivity contribution >= 4 is 63.9 Å². The molecule has 1 aliphatic rings. The zero-order valence-electron chi connectivity index (χ0n) is 7.08. The molecule has 1 aliphatic heterocycles. The molecule has 1 unspecified atom stereocenters. The minimum absolute atomic E-state index is 0. The van der Waals surface area contributed by atoms with Crippen molar-refractivity contribution in [2.75, 3.05) is 0 Å². The van der Waals surface area contributed by atoms with Gasteiger partial charge in [-0.2, -0.15) is 13.5 Å². The summed E-state index contributed by atoms with van der Waals surface area (Å²) in [5, 5.41) is 6.40. The Morgan fingerprint density at radius 3 is 1.93 bits per heavy atom. The van der Waals surface area contributed by atoms with Crippen LogP contribution in [0.2, 0.25) is 0 Å². The van der Waals surface area contributed by atoms with Crippen LogP contribution in [0, 0.1) is 0 Å². The van der Waals surface area contributed by atoms with Gasteiger partial charge in [0.2, 0.25) is 0 Å². The summed E-state index contributed by atoms with van der Waals surface area (Å²) in [5.41, 5.74) is 0. The number of nitrogens with zero attached hydrogens (tertiary/aromatic N) is 1. The van der Waals surface area contributed by atoms with Gasteiger partial charge < -0.3 is 0 Å². The molecule has 2 N–H and O–H groups in total. The molecule has 77 valence electrons. The van der Waals surface area contributed by atoms with Crippen LogP contribution in [-0.4, -0.2) is 69.9 Å². The van der Waals surface area contributed by atoms with Crippen LogP contribution in [-0.2, 0) is 19.7 Å². The quantitative estimate of drug-likeness (QED) is 0.253. The van der Waals surface area contributed by atoms with Gasteiger partial charge in [0.1, 0.15) is 0 Å². The van der Waals surface area contributed by atoms with Gasteiger partial charge in [-0.15, -0.1) is 12.4 Å². The van der Waals surface area contributed by atoms with Crippen LogP contribution in [0.25, 0.3) is 0 Å². The Bertz CT molecular complexity index is 342. The third kappa shape index (κ3) is 3.16. The van der Waals surface area contributed by atoms with E-state index in [1.165, 1.54) is 0 Å². The second-order valence-corrected chi connectivity index (χ2v) is 3.85. The molecule has 2 amide bonds. The number of carbonyl (C=O) groups excluding carboxylic acids is 2. The van der Waals surface area contributed by atoms with Crippen LogP contribution in [0.3, 0.4) is 0 Å². The van der Waals surface area contributed by atoms with Crippen LogP contribution in [0.4, 0.5) is 0 Å². The first-order valence-electron chi connectivity index (χ1n) is 2.86. The van der Waals surface area contributed by atoms with Gasteiger partial charge in [-0.25, -0.2) is 0 Å². The molecule has 1 radical (unpaired) electrons. The van der Waals surface area contributed by atoms with Crippen molar-refractivity contribution in [3.63, 3.8) is 0 Å². The molecule has 0 aromatic heterocycles. The summed E-state index contributed by atoms with van der Waals surface area (Å²) >= 11 is 0. The van der Waals surface area contributed by atoms with E-state index in [2.05, 4.69) is 0 Å². The SMILES string of the molecule is Cl.O=C1CC(S(=O)(=O)O)C(=O)N1O.[Na]. The Kier molecular flexibility index (Phi) is 6.45. The van der Waals surface area contributed by atoms with Gasteiger partial charge in [0.15, 0.2) is 5.25 Å². The first kappa shape index (κ1) is 16.7. The summed E-state index contributed by atoms with van der Waals surface area (Å²) in [5.74, 6) is -2.36. The summed E-state index contributed by atoms with van der Waals surface area (Å²) in [6, 6.07) is 0. The van der Waals surface area contributed by atoms with Crippen LogP contribution in [0.15, 0.2) is 0 Å². The van der Waals surface area contributed by atoms with E-state index in [0.717, 1.165) is 0 Å². The van der Waals surface area contributed by atoms with E-state index in [9.17, 15) is 18.0 Å². The van der Waals surface area contributed by atoms with E-state index in [4.69, 9.17) is 9.76 Å². The molecule has 1 atom stereocenters. The van der Waals surface area contributed by atoms with Gasteiger partial charge >= 0.3 is 0 Å². The molecule has 1 heterocycles. The molecule has 1 fully saturated rings. The van der Waals surface area contributed by atoms with Gasteiger partial charge in [0.25, 0.3) is 21.9 Å². The Labute approximate surface area is 108 Å². The van der Waals surface area contributed by atoms with Crippen molar-refractivity contribution in [1.82, 2.24) is 5.06 Å². The van der Waals surface area contributed by atoms with Gasteiger partial charge in [0, 0.05) is 29.6 Å². The van der Waals surface area contributed by atoms with E-state index in [1.54, 1.807) is 0 Å². The molecular weight excluding hydrogens is 249 g/mol. The van der Waals surface area contributed by atoms with Crippen LogP contribution >= 0.6 is 12.4 Å². The number of amides is 2. The second-order valence-electron chi connectivity index (χ2n) is 2.25. The number of hydrogen-bond acceptors (Lipinski definition) is 5. The predicted molar refractivity (Wildman–Crippen MR) is 46.6 cm³/mol. The van der Waals surface area contributed by atoms with Gasteiger partial charge in [-0.1, -0.05) is 0 Å². The molecule has 0 aromatic rings. The Morgan fingerprint density at radius 2 is 1.79 bits per heavy atom. The van der Waals surface area contributed by atoms with Crippen molar-refractivity contribution in [3.8, 4) is 0 Å². The third-order valence-electron chi connectivity index (χ3n) is 1.44. The second kappa shape index (κ2) is 5.40. The van der Waals surface area contributed by atoms with Crippen LogP contribution in [0.5, 0.6) is 0 Å². The summed E-state index contributed by atoms with van der Waals surface area (Å²) in [6.07, 6.45) is -0.714. The first-order valence-corrected chi connectivity index (χ1v) is 4.36. The molecular formula is C4H6ClNNaO6S. The van der Waals surface area contributed by atoms with Crippen LogP contribution < -0.4 is 0 Å². The van der Waals surface area contributed by atoms with Crippen molar-refractivity contribution in [2.45, 2.75) is 11.7 Å². The van der Waals surface area contributed by atoms with Gasteiger partial charge in [-0.05, 0) is 0 Å². The van der Waals surface area contributed by atoms with Crippen molar-refractivity contribution < 1.29 is 27.8 Å². The van der Waals surface area contributed by atoms with Gasteiger partial charge in [0.05, 0.1) is 6.42 Å². The molecule has 0 aliphatic carbocycles. The van der Waals surface area contributed by atoms with Crippen molar-refractivity contribution in [2.24, 2.45) is 0 Å². The fourth-order valence-electron chi connectivity index (χ4n) is 0.824. The molecule has 0 saturated carbocycles. The normalized spacial score (nSPS) is 21.6. The first-order chi connectivity index (χ1) is 5.34. The average Bonchev–Trinajstić information content (AvgIpc) is 2.15. The summed E-state index contributed by atoms with van der Waals surface area (Å²) in [7, 11) is -4.59.